The molecule has 0 aliphatic carbocycles. The third kappa shape index (κ3) is 3.40. The van der Waals surface area contributed by atoms with E-state index in [1.54, 1.807) is 26.1 Å². The van der Waals surface area contributed by atoms with Gasteiger partial charge in [-0.25, -0.2) is 4.98 Å². The van der Waals surface area contributed by atoms with Crippen LogP contribution < -0.4 is 11.1 Å². The molecule has 0 bridgehead atoms. The van der Waals surface area contributed by atoms with Crippen LogP contribution in [0.2, 0.25) is 0 Å². The summed E-state index contributed by atoms with van der Waals surface area (Å²) < 4.78 is 6.82. The molecule has 0 saturated carbocycles. The van der Waals surface area contributed by atoms with Crippen molar-refractivity contribution in [3.8, 4) is 0 Å². The Morgan fingerprint density at radius 1 is 1.48 bits per heavy atom. The number of rotatable bonds is 6. The number of nitrogens with zero attached hydrogens (tertiary/aromatic N) is 4. The van der Waals surface area contributed by atoms with Gasteiger partial charge in [0.1, 0.15) is 12.1 Å². The second-order valence-corrected chi connectivity index (χ2v) is 4.82. The molecule has 0 radical (unpaired) electrons. The summed E-state index contributed by atoms with van der Waals surface area (Å²) in [6, 6.07) is 1.82. The number of aromatic nitrogens is 3. The lowest BCUT2D eigenvalue weighted by molar-refractivity contribution is -0.129. The number of nitrogen functional groups attached to an aromatic ring is 1. The molecule has 21 heavy (non-hydrogen) atoms. The maximum atomic E-state index is 11.9. The van der Waals surface area contributed by atoms with E-state index in [9.17, 15) is 4.79 Å². The summed E-state index contributed by atoms with van der Waals surface area (Å²) in [4.78, 5) is 21.8. The van der Waals surface area contributed by atoms with Crippen molar-refractivity contribution < 1.29 is 9.53 Å². The first kappa shape index (κ1) is 15.0. The largest absolute Gasteiger partial charge is 0.383 e. The number of anilines is 2. The molecule has 1 amide bonds. The van der Waals surface area contributed by atoms with E-state index in [1.807, 2.05) is 16.8 Å². The highest BCUT2D eigenvalue weighted by Gasteiger charge is 2.14. The third-order valence-corrected chi connectivity index (χ3v) is 3.03. The summed E-state index contributed by atoms with van der Waals surface area (Å²) >= 11 is 0. The van der Waals surface area contributed by atoms with Crippen molar-refractivity contribution in [2.24, 2.45) is 0 Å². The first-order valence-corrected chi connectivity index (χ1v) is 6.58. The Kier molecular flexibility index (Phi) is 4.59. The van der Waals surface area contributed by atoms with E-state index in [0.29, 0.717) is 24.5 Å². The van der Waals surface area contributed by atoms with Gasteiger partial charge in [-0.2, -0.15) is 4.98 Å². The van der Waals surface area contributed by atoms with Gasteiger partial charge in [0.2, 0.25) is 11.9 Å². The van der Waals surface area contributed by atoms with Crippen molar-refractivity contribution in [1.29, 1.82) is 0 Å². The van der Waals surface area contributed by atoms with Crippen LogP contribution in [0.15, 0.2) is 12.3 Å². The number of nitrogens with two attached hydrogens (primary N) is 1. The van der Waals surface area contributed by atoms with Crippen molar-refractivity contribution in [2.75, 3.05) is 45.4 Å². The summed E-state index contributed by atoms with van der Waals surface area (Å²) in [5.74, 6) is 0.789. The Morgan fingerprint density at radius 2 is 2.24 bits per heavy atom. The molecule has 0 aliphatic heterocycles. The number of nitrogens with one attached hydrogen (secondary N) is 1. The lowest BCUT2D eigenvalue weighted by atomic mass is 10.4. The Labute approximate surface area is 122 Å². The fraction of sp³-hybridized carbons (Fsp3) is 0.462. The van der Waals surface area contributed by atoms with Crippen LogP contribution in [0.4, 0.5) is 11.8 Å². The van der Waals surface area contributed by atoms with Crippen LogP contribution in [-0.4, -0.2) is 59.7 Å². The molecule has 0 unspecified atom stereocenters. The molecule has 8 heteroatoms. The van der Waals surface area contributed by atoms with E-state index in [0.717, 1.165) is 5.52 Å². The number of likely N-dealkylation sites (N-methyl/N-ethyl adjacent to an activating group) is 1. The molecular formula is C13H20N6O2. The standard InChI is InChI=1S/C13H20N6O2/c1-18(2)10(20)8-19-6-4-9-11(19)12(15-5-7-21-3)17-13(14)16-9/h4,6H,5,7-8H2,1-3H3,(H3,14,15,16,17). The lowest BCUT2D eigenvalue weighted by Gasteiger charge is -2.13. The van der Waals surface area contributed by atoms with E-state index in [1.165, 1.54) is 0 Å². The number of carbonyl (C=O) groups excluding carboxylic acids is 1. The minimum Gasteiger partial charge on any atom is -0.383 e. The molecule has 0 fully saturated rings. The van der Waals surface area contributed by atoms with Gasteiger partial charge in [-0.3, -0.25) is 4.79 Å². The molecule has 0 atom stereocenters. The maximum absolute atomic E-state index is 11.9. The van der Waals surface area contributed by atoms with Crippen molar-refractivity contribution in [1.82, 2.24) is 19.4 Å². The average Bonchev–Trinajstić information content (AvgIpc) is 2.81. The summed E-state index contributed by atoms with van der Waals surface area (Å²) in [6.45, 7) is 1.36. The molecule has 0 aliphatic rings. The fourth-order valence-corrected chi connectivity index (χ4v) is 1.94. The second kappa shape index (κ2) is 6.40. The Morgan fingerprint density at radius 3 is 2.90 bits per heavy atom. The van der Waals surface area contributed by atoms with Crippen molar-refractivity contribution in [2.45, 2.75) is 6.54 Å². The summed E-state index contributed by atoms with van der Waals surface area (Å²) in [5.41, 5.74) is 7.17. The number of carbonyl (C=O) groups is 1. The van der Waals surface area contributed by atoms with Crippen LogP contribution in [0.1, 0.15) is 0 Å². The average molecular weight is 292 g/mol. The molecule has 8 nitrogen and oxygen atoms in total. The summed E-state index contributed by atoms with van der Waals surface area (Å²) in [5, 5.41) is 3.16. The number of ether oxygens (including phenoxy) is 1. The highest BCUT2D eigenvalue weighted by molar-refractivity contribution is 5.89. The molecule has 2 rings (SSSR count). The monoisotopic (exact) mass is 292 g/mol. The van der Waals surface area contributed by atoms with Gasteiger partial charge in [-0.1, -0.05) is 0 Å². The fourth-order valence-electron chi connectivity index (χ4n) is 1.94. The quantitative estimate of drug-likeness (QED) is 0.736. The zero-order chi connectivity index (χ0) is 15.4. The van der Waals surface area contributed by atoms with E-state index >= 15 is 0 Å². The van der Waals surface area contributed by atoms with Gasteiger partial charge in [-0.15, -0.1) is 0 Å². The molecule has 114 valence electrons. The molecule has 0 spiro atoms. The molecule has 3 N–H and O–H groups in total. The molecule has 0 saturated heterocycles. The molecule has 0 aromatic carbocycles. The smallest absolute Gasteiger partial charge is 0.241 e. The van der Waals surface area contributed by atoms with Crippen molar-refractivity contribution in [3.05, 3.63) is 12.3 Å². The Bertz CT molecular complexity index is 637. The minimum atomic E-state index is -0.00725. The zero-order valence-electron chi connectivity index (χ0n) is 12.5. The van der Waals surface area contributed by atoms with Crippen LogP contribution in [0.5, 0.6) is 0 Å². The Hall–Kier alpha value is -2.35. The number of hydrogen-bond donors (Lipinski definition) is 2. The number of fused-ring (bicyclic) bond motifs is 1. The van der Waals surface area contributed by atoms with E-state index in [4.69, 9.17) is 10.5 Å². The van der Waals surface area contributed by atoms with Crippen LogP contribution in [0.3, 0.4) is 0 Å². The lowest BCUT2D eigenvalue weighted by Crippen LogP contribution is -2.26. The van der Waals surface area contributed by atoms with E-state index in [-0.39, 0.29) is 18.4 Å². The van der Waals surface area contributed by atoms with Gasteiger partial charge in [-0.05, 0) is 6.07 Å². The van der Waals surface area contributed by atoms with Gasteiger partial charge in [0.05, 0.1) is 12.1 Å². The van der Waals surface area contributed by atoms with Gasteiger partial charge in [0, 0.05) is 33.9 Å². The van der Waals surface area contributed by atoms with E-state index < -0.39 is 0 Å². The first-order valence-electron chi connectivity index (χ1n) is 6.58. The number of hydrogen-bond acceptors (Lipinski definition) is 6. The molecule has 2 aromatic rings. The number of methoxy groups -OCH3 is 1. The van der Waals surface area contributed by atoms with Crippen molar-refractivity contribution in [3.63, 3.8) is 0 Å². The number of amides is 1. The van der Waals surface area contributed by atoms with Gasteiger partial charge < -0.3 is 25.3 Å². The maximum Gasteiger partial charge on any atom is 0.241 e. The van der Waals surface area contributed by atoms with Crippen LogP contribution in [-0.2, 0) is 16.1 Å². The van der Waals surface area contributed by atoms with Crippen LogP contribution in [0.25, 0.3) is 11.0 Å². The topological polar surface area (TPSA) is 98.3 Å². The minimum absolute atomic E-state index is 0.00725. The molecule has 2 heterocycles. The predicted molar refractivity (Wildman–Crippen MR) is 81.0 cm³/mol. The third-order valence-electron chi connectivity index (χ3n) is 3.03. The predicted octanol–water partition coefficient (Wildman–Crippen LogP) is 0.160. The van der Waals surface area contributed by atoms with Gasteiger partial charge >= 0.3 is 0 Å². The van der Waals surface area contributed by atoms with Gasteiger partial charge in [0.15, 0.2) is 5.82 Å². The SMILES string of the molecule is COCCNc1nc(N)nc2ccn(CC(=O)N(C)C)c12. The first-order chi connectivity index (χ1) is 10.0. The highest BCUT2D eigenvalue weighted by atomic mass is 16.5. The second-order valence-electron chi connectivity index (χ2n) is 4.82. The Balaban J connectivity index is 2.36. The van der Waals surface area contributed by atoms with E-state index in [2.05, 4.69) is 15.3 Å². The van der Waals surface area contributed by atoms with Crippen molar-refractivity contribution >= 4 is 28.7 Å². The highest BCUT2D eigenvalue weighted by Crippen LogP contribution is 2.22. The van der Waals surface area contributed by atoms with Crippen LogP contribution in [0, 0.1) is 0 Å². The zero-order valence-corrected chi connectivity index (χ0v) is 12.5. The molecular weight excluding hydrogens is 272 g/mol. The normalized spacial score (nSPS) is 10.8. The van der Waals surface area contributed by atoms with Gasteiger partial charge in [0.25, 0.3) is 0 Å². The van der Waals surface area contributed by atoms with Crippen LogP contribution >= 0.6 is 0 Å². The summed E-state index contributed by atoms with van der Waals surface area (Å²) in [7, 11) is 5.07. The summed E-state index contributed by atoms with van der Waals surface area (Å²) in [6.07, 6.45) is 1.81. The molecule has 2 aromatic heterocycles.